The van der Waals surface area contributed by atoms with Gasteiger partial charge >= 0.3 is 30.4 Å². The number of benzene rings is 1. The number of carboxylic acid groups (broad SMARTS) is 1. The molecule has 0 aliphatic carbocycles. The number of nitrogens with zero attached hydrogens (tertiary/aromatic N) is 5. The van der Waals surface area contributed by atoms with E-state index in [-0.39, 0.29) is 52.3 Å². The molecule has 1 heterocycles. The second-order valence-electron chi connectivity index (χ2n) is 14.0. The minimum Gasteiger partial charge on any atom is -0.484 e. The molecule has 0 spiro atoms. The third-order valence-electron chi connectivity index (χ3n) is 9.28. The zero-order valence-corrected chi connectivity index (χ0v) is 36.2. The van der Waals surface area contributed by atoms with Crippen molar-refractivity contribution in [3.05, 3.63) is 42.0 Å². The van der Waals surface area contributed by atoms with Crippen molar-refractivity contribution in [1.29, 1.82) is 0 Å². The average Bonchev–Trinajstić information content (AvgIpc) is 3.55. The van der Waals surface area contributed by atoms with Crippen LogP contribution in [0.5, 0.6) is 5.75 Å². The predicted molar refractivity (Wildman–Crippen MR) is 220 cm³/mol. The summed E-state index contributed by atoms with van der Waals surface area (Å²) in [6.07, 6.45) is 2.21. The quantitative estimate of drug-likeness (QED) is 0.0363. The Kier molecular flexibility index (Phi) is 23.4. The van der Waals surface area contributed by atoms with E-state index in [1.54, 1.807) is 52.8 Å². The van der Waals surface area contributed by atoms with Crippen molar-refractivity contribution in [3.63, 3.8) is 0 Å². The van der Waals surface area contributed by atoms with Crippen LogP contribution in [0.4, 0.5) is 0 Å². The van der Waals surface area contributed by atoms with Gasteiger partial charge in [-0.15, -0.1) is 0 Å². The summed E-state index contributed by atoms with van der Waals surface area (Å²) in [4.78, 5) is 118. The number of ether oxygens (including phenoxy) is 4. The number of esters is 3. The number of imide groups is 1. The second kappa shape index (κ2) is 27.8. The lowest BCUT2D eigenvalue weighted by Crippen LogP contribution is -2.48. The molecular weight excluding hydrogens is 816 g/mol. The largest absolute Gasteiger partial charge is 0.484 e. The SMILES string of the molecule is CCN(C)CC(=O)OC(OC(=O)CN(C)CC)OC(=O)CN(CC)CCN(CC)CC(=O)NCC(=O)N[C@@H](Cc1ccc(OCC(=O)NCCN2C(=O)C=CC2=O)cc1)C(=O)O. The Hall–Kier alpha value is -5.97. The third-order valence-corrected chi connectivity index (χ3v) is 9.28. The highest BCUT2D eigenvalue weighted by Gasteiger charge is 2.27. The first kappa shape index (κ1) is 52.2. The number of aliphatic carboxylic acids is 1. The van der Waals surface area contributed by atoms with E-state index >= 15 is 0 Å². The zero-order valence-electron chi connectivity index (χ0n) is 36.2. The summed E-state index contributed by atoms with van der Waals surface area (Å²) in [5.41, 5.74) is 0.539. The predicted octanol–water partition coefficient (Wildman–Crippen LogP) is -2.20. The lowest BCUT2D eigenvalue weighted by molar-refractivity contribution is -0.258. The fourth-order valence-corrected chi connectivity index (χ4v) is 5.33. The van der Waals surface area contributed by atoms with Crippen LogP contribution in [0.15, 0.2) is 36.4 Å². The Morgan fingerprint density at radius 1 is 0.677 bits per heavy atom. The van der Waals surface area contributed by atoms with Crippen molar-refractivity contribution < 1.29 is 67.2 Å². The number of carboxylic acids is 1. The van der Waals surface area contributed by atoms with Gasteiger partial charge in [0.15, 0.2) is 6.61 Å². The number of rotatable bonds is 30. The van der Waals surface area contributed by atoms with Crippen LogP contribution >= 0.6 is 0 Å². The van der Waals surface area contributed by atoms with E-state index in [9.17, 15) is 48.3 Å². The molecule has 2 rings (SSSR count). The number of likely N-dealkylation sites (N-methyl/N-ethyl adjacent to an activating group) is 4. The zero-order chi connectivity index (χ0) is 46.2. The van der Waals surface area contributed by atoms with Crippen molar-refractivity contribution in [2.24, 2.45) is 0 Å². The topological polar surface area (TPSA) is 263 Å². The molecule has 1 atom stereocenters. The van der Waals surface area contributed by atoms with E-state index in [2.05, 4.69) is 16.0 Å². The highest BCUT2D eigenvalue weighted by Crippen LogP contribution is 2.14. The fourth-order valence-electron chi connectivity index (χ4n) is 5.33. The fraction of sp³-hybridized carbons (Fsp3) is 0.575. The maximum Gasteiger partial charge on any atom is 0.412 e. The summed E-state index contributed by atoms with van der Waals surface area (Å²) in [6.45, 7) is 6.65. The van der Waals surface area contributed by atoms with Gasteiger partial charge in [-0.1, -0.05) is 39.8 Å². The summed E-state index contributed by atoms with van der Waals surface area (Å²) in [5.74, 6) is -5.92. The molecule has 0 fully saturated rings. The van der Waals surface area contributed by atoms with Crippen molar-refractivity contribution in [3.8, 4) is 5.75 Å². The van der Waals surface area contributed by atoms with Gasteiger partial charge in [-0.3, -0.25) is 62.9 Å². The van der Waals surface area contributed by atoms with Gasteiger partial charge in [-0.25, -0.2) is 4.79 Å². The molecular formula is C40H60N8O14. The molecule has 1 aliphatic heterocycles. The number of carbonyl (C=O) groups excluding carboxylic acids is 8. The molecule has 1 aliphatic rings. The van der Waals surface area contributed by atoms with E-state index in [0.29, 0.717) is 50.6 Å². The van der Waals surface area contributed by atoms with Crippen LogP contribution in [-0.2, 0) is 63.8 Å². The molecule has 0 bridgehead atoms. The molecule has 4 N–H and O–H groups in total. The van der Waals surface area contributed by atoms with Crippen molar-refractivity contribution in [1.82, 2.24) is 40.4 Å². The van der Waals surface area contributed by atoms with Gasteiger partial charge < -0.3 is 40.0 Å². The molecule has 0 unspecified atom stereocenters. The first-order valence-electron chi connectivity index (χ1n) is 20.2. The summed E-state index contributed by atoms with van der Waals surface area (Å²) < 4.78 is 21.0. The van der Waals surface area contributed by atoms with Gasteiger partial charge in [-0.05, 0) is 58.0 Å². The Balaban J connectivity index is 1.79. The molecule has 62 heavy (non-hydrogen) atoms. The van der Waals surface area contributed by atoms with Crippen LogP contribution in [0.25, 0.3) is 0 Å². The Bertz CT molecular complexity index is 1680. The monoisotopic (exact) mass is 876 g/mol. The van der Waals surface area contributed by atoms with Crippen LogP contribution in [0.3, 0.4) is 0 Å². The minimum absolute atomic E-state index is 0.0157. The Labute approximate surface area is 360 Å². The molecule has 0 saturated carbocycles. The Morgan fingerprint density at radius 2 is 1.19 bits per heavy atom. The average molecular weight is 877 g/mol. The summed E-state index contributed by atoms with van der Waals surface area (Å²) in [5, 5.41) is 17.2. The summed E-state index contributed by atoms with van der Waals surface area (Å²) in [6, 6.07) is 4.88. The molecule has 22 heteroatoms. The van der Waals surface area contributed by atoms with Crippen molar-refractivity contribution >= 4 is 53.4 Å². The molecule has 1 aromatic carbocycles. The van der Waals surface area contributed by atoms with Gasteiger partial charge in [0, 0.05) is 44.8 Å². The van der Waals surface area contributed by atoms with Crippen molar-refractivity contribution in [2.45, 2.75) is 46.6 Å². The normalized spacial score (nSPS) is 12.9. The van der Waals surface area contributed by atoms with Gasteiger partial charge in [0.2, 0.25) is 11.8 Å². The van der Waals surface area contributed by atoms with Crippen LogP contribution in [0, 0.1) is 0 Å². The minimum atomic E-state index is -1.88. The van der Waals surface area contributed by atoms with Gasteiger partial charge in [0.1, 0.15) is 11.8 Å². The molecule has 1 aromatic rings. The molecule has 344 valence electrons. The van der Waals surface area contributed by atoms with E-state index in [1.807, 2.05) is 20.8 Å². The maximum atomic E-state index is 12.9. The molecule has 5 amide bonds. The molecule has 22 nitrogen and oxygen atoms in total. The van der Waals surface area contributed by atoms with E-state index < -0.39 is 72.5 Å². The lowest BCUT2D eigenvalue weighted by Gasteiger charge is -2.26. The first-order valence-corrected chi connectivity index (χ1v) is 20.2. The highest BCUT2D eigenvalue weighted by molar-refractivity contribution is 6.12. The first-order chi connectivity index (χ1) is 29.5. The Morgan fingerprint density at radius 3 is 1.69 bits per heavy atom. The van der Waals surface area contributed by atoms with Gasteiger partial charge in [-0.2, -0.15) is 0 Å². The number of nitrogens with one attached hydrogen (secondary N) is 3. The smallest absolute Gasteiger partial charge is 0.412 e. The standard InChI is InChI=1S/C40H60N8O14/c1-7-44(5)24-36(54)60-40(61-37(55)25-45(6)8-2)62-38(56)26-47(10-4)20-19-46(9-3)23-32(50)42-22-31(49)43-30(39(57)58)21-28-11-13-29(14-12-28)59-27-33(51)41-17-18-48-34(52)15-16-35(48)53/h11-16,30,40H,7-10,17-27H2,1-6H3,(H,41,51)(H,42,50)(H,43,49)(H,57,58)/t30-/m0/s1. The maximum absolute atomic E-state index is 12.9. The molecule has 0 aromatic heterocycles. The van der Waals surface area contributed by atoms with Crippen LogP contribution in [-0.4, -0.2) is 201 Å². The van der Waals surface area contributed by atoms with Gasteiger partial charge in [0.25, 0.3) is 17.7 Å². The van der Waals surface area contributed by atoms with Crippen molar-refractivity contribution in [2.75, 3.05) is 106 Å². The number of hydrogen-bond donors (Lipinski definition) is 4. The van der Waals surface area contributed by atoms with E-state index in [4.69, 9.17) is 18.9 Å². The molecule has 0 saturated heterocycles. The molecule has 0 radical (unpaired) electrons. The van der Waals surface area contributed by atoms with E-state index in [1.165, 1.54) is 12.1 Å². The van der Waals surface area contributed by atoms with Crippen LogP contribution in [0.2, 0.25) is 0 Å². The number of carbonyl (C=O) groups is 9. The summed E-state index contributed by atoms with van der Waals surface area (Å²) >= 11 is 0. The third kappa shape index (κ3) is 20.5. The van der Waals surface area contributed by atoms with E-state index in [0.717, 1.165) is 17.1 Å². The van der Waals surface area contributed by atoms with Crippen LogP contribution < -0.4 is 20.7 Å². The van der Waals surface area contributed by atoms with Gasteiger partial charge in [0.05, 0.1) is 32.7 Å². The van der Waals surface area contributed by atoms with Crippen LogP contribution in [0.1, 0.15) is 33.3 Å². The summed E-state index contributed by atoms with van der Waals surface area (Å²) in [7, 11) is 3.38. The second-order valence-corrected chi connectivity index (χ2v) is 14.0. The lowest BCUT2D eigenvalue weighted by atomic mass is 10.1. The number of hydrogen-bond acceptors (Lipinski definition) is 17. The highest BCUT2D eigenvalue weighted by atomic mass is 16.9. The number of amides is 5.